The van der Waals surface area contributed by atoms with Gasteiger partial charge in [0.2, 0.25) is 0 Å². The molecule has 0 aliphatic carbocycles. The van der Waals surface area contributed by atoms with Crippen molar-refractivity contribution in [3.05, 3.63) is 17.7 Å². The number of nitrogens with one attached hydrogen (secondary N) is 2. The van der Waals surface area contributed by atoms with E-state index in [2.05, 4.69) is 10.9 Å². The third kappa shape index (κ3) is 11.0. The molecule has 4 N–H and O–H groups in total. The van der Waals surface area contributed by atoms with E-state index in [0.717, 1.165) is 0 Å². The van der Waals surface area contributed by atoms with Crippen LogP contribution in [0.3, 0.4) is 0 Å². The van der Waals surface area contributed by atoms with Gasteiger partial charge in [-0.2, -0.15) is 6.20 Å². The first-order valence-corrected chi connectivity index (χ1v) is 2.62. The van der Waals surface area contributed by atoms with Crippen molar-refractivity contribution in [3.63, 3.8) is 0 Å². The number of hydrogen-bond acceptors (Lipinski definition) is 3. The summed E-state index contributed by atoms with van der Waals surface area (Å²) in [4.78, 5) is 0. The van der Waals surface area contributed by atoms with Gasteiger partial charge in [-0.15, -0.1) is 0 Å². The molecule has 10 heavy (non-hydrogen) atoms. The van der Waals surface area contributed by atoms with Crippen LogP contribution >= 0.6 is 0 Å². The smallest absolute Gasteiger partial charge is 0.0293 e. The molecule has 0 bridgehead atoms. The first kappa shape index (κ1) is 12.8. The Kier molecular flexibility index (Phi) is 11.8. The van der Waals surface area contributed by atoms with Crippen molar-refractivity contribution in [1.82, 2.24) is 5.43 Å². The quantitative estimate of drug-likeness (QED) is 0.291. The molecule has 0 spiro atoms. The SMILES string of the molecule is CC(=N)/C=C\[N-]NCN.[U]. The van der Waals surface area contributed by atoms with Gasteiger partial charge in [0, 0.05) is 43.5 Å². The van der Waals surface area contributed by atoms with Crippen molar-refractivity contribution >= 4 is 5.71 Å². The van der Waals surface area contributed by atoms with Crippen LogP contribution < -0.4 is 11.2 Å². The van der Waals surface area contributed by atoms with Crippen molar-refractivity contribution in [3.8, 4) is 0 Å². The van der Waals surface area contributed by atoms with Crippen LogP contribution in [-0.4, -0.2) is 12.4 Å². The van der Waals surface area contributed by atoms with Gasteiger partial charge in [-0.3, -0.25) is 0 Å². The fourth-order valence-corrected chi connectivity index (χ4v) is 0.254. The van der Waals surface area contributed by atoms with E-state index in [1.54, 1.807) is 13.0 Å². The summed E-state index contributed by atoms with van der Waals surface area (Å²) in [6, 6.07) is 0. The Bertz CT molecular complexity index is 112. The summed E-state index contributed by atoms with van der Waals surface area (Å²) < 4.78 is 0. The maximum Gasteiger partial charge on any atom is 0.0293 e. The van der Waals surface area contributed by atoms with Crippen LogP contribution in [-0.2, 0) is 0 Å². The standard InChI is InChI=1S/C5H11N4.U/c1-5(7)2-3-8-9-4-6;/h2-3,7,9H,4,6H2,1H3;/q-1;/b3-2-,7-5?;. The predicted octanol–water partition coefficient (Wildman–Crippen LogP) is 0.334. The fraction of sp³-hybridized carbons (Fsp3) is 0.400. The van der Waals surface area contributed by atoms with E-state index in [9.17, 15) is 0 Å². The summed E-state index contributed by atoms with van der Waals surface area (Å²) in [6.07, 6.45) is 3.07. The maximum absolute atomic E-state index is 6.92. The van der Waals surface area contributed by atoms with Crippen molar-refractivity contribution in [1.29, 1.82) is 5.41 Å². The van der Waals surface area contributed by atoms with Gasteiger partial charge in [-0.1, -0.05) is 6.08 Å². The van der Waals surface area contributed by atoms with Crippen molar-refractivity contribution in [2.45, 2.75) is 6.92 Å². The van der Waals surface area contributed by atoms with Crippen LogP contribution in [0.1, 0.15) is 6.92 Å². The van der Waals surface area contributed by atoms with E-state index in [4.69, 9.17) is 11.1 Å². The van der Waals surface area contributed by atoms with Gasteiger partial charge in [0.05, 0.1) is 0 Å². The van der Waals surface area contributed by atoms with Gasteiger partial charge in [-0.05, 0) is 6.92 Å². The van der Waals surface area contributed by atoms with E-state index < -0.39 is 0 Å². The normalized spacial score (nSPS) is 9.00. The Hall–Kier alpha value is 0.182. The summed E-state index contributed by atoms with van der Waals surface area (Å²) in [6.45, 7) is 2.00. The first-order chi connectivity index (χ1) is 4.27. The Morgan fingerprint density at radius 1 is 1.80 bits per heavy atom. The predicted molar refractivity (Wildman–Crippen MR) is 38.1 cm³/mol. The topological polar surface area (TPSA) is 76.0 Å². The fourth-order valence-electron chi connectivity index (χ4n) is 0.254. The third-order valence-corrected chi connectivity index (χ3v) is 0.582. The molecule has 0 saturated heterocycles. The average molecular weight is 365 g/mol. The summed E-state index contributed by atoms with van der Waals surface area (Å²) in [7, 11) is 0. The average Bonchev–Trinajstić information content (AvgIpc) is 1.80. The molecule has 0 aromatic carbocycles. The van der Waals surface area contributed by atoms with Crippen molar-refractivity contribution in [2.75, 3.05) is 6.67 Å². The molecule has 56 valence electrons. The Morgan fingerprint density at radius 2 is 2.40 bits per heavy atom. The van der Waals surface area contributed by atoms with Crippen LogP contribution in [0, 0.1) is 36.5 Å². The Morgan fingerprint density at radius 3 is 2.80 bits per heavy atom. The van der Waals surface area contributed by atoms with Gasteiger partial charge < -0.3 is 22.0 Å². The zero-order chi connectivity index (χ0) is 7.11. The van der Waals surface area contributed by atoms with E-state index in [-0.39, 0.29) is 31.1 Å². The van der Waals surface area contributed by atoms with Gasteiger partial charge in [0.15, 0.2) is 0 Å². The van der Waals surface area contributed by atoms with Crippen LogP contribution in [0.15, 0.2) is 12.3 Å². The molecular formula is C5H11N4U-. The Labute approximate surface area is 84.5 Å². The molecule has 0 atom stereocenters. The zero-order valence-corrected chi connectivity index (χ0v) is 10.1. The molecule has 0 aliphatic heterocycles. The third-order valence-electron chi connectivity index (χ3n) is 0.582. The number of nitrogens with two attached hydrogens (primary N) is 1. The molecule has 0 aromatic rings. The number of nitrogens with zero attached hydrogens (tertiary/aromatic N) is 1. The molecule has 0 fully saturated rings. The van der Waals surface area contributed by atoms with E-state index >= 15 is 0 Å². The molecule has 5 heteroatoms. The molecule has 0 amide bonds. The number of hydrogen-bond donors (Lipinski definition) is 3. The summed E-state index contributed by atoms with van der Waals surface area (Å²) in [5.41, 5.74) is 11.7. The molecule has 0 saturated carbocycles. The second-order valence-corrected chi connectivity index (χ2v) is 1.49. The van der Waals surface area contributed by atoms with Crippen molar-refractivity contribution < 1.29 is 31.1 Å². The van der Waals surface area contributed by atoms with Gasteiger partial charge >= 0.3 is 0 Å². The molecule has 0 unspecified atom stereocenters. The summed E-state index contributed by atoms with van der Waals surface area (Å²) >= 11 is 0. The van der Waals surface area contributed by atoms with E-state index in [1.807, 2.05) is 0 Å². The molecule has 0 aromatic heterocycles. The molecule has 0 radical (unpaired) electrons. The maximum atomic E-state index is 6.92. The number of rotatable bonds is 4. The van der Waals surface area contributed by atoms with Crippen LogP contribution in [0.25, 0.3) is 5.43 Å². The second kappa shape index (κ2) is 9.18. The minimum absolute atomic E-state index is 0. The minimum Gasteiger partial charge on any atom is -0.628 e. The second-order valence-electron chi connectivity index (χ2n) is 1.49. The summed E-state index contributed by atoms with van der Waals surface area (Å²) in [5, 5.41) is 6.92. The molecule has 0 rings (SSSR count). The van der Waals surface area contributed by atoms with Crippen LogP contribution in [0.2, 0.25) is 0 Å². The molecule has 0 heterocycles. The van der Waals surface area contributed by atoms with Gasteiger partial charge in [0.25, 0.3) is 0 Å². The van der Waals surface area contributed by atoms with Crippen molar-refractivity contribution in [2.24, 2.45) is 5.73 Å². The Balaban J connectivity index is 0. The van der Waals surface area contributed by atoms with Crippen LogP contribution in [0.5, 0.6) is 0 Å². The first-order valence-electron chi connectivity index (χ1n) is 2.62. The largest absolute Gasteiger partial charge is 0.628 e. The molecular weight excluding hydrogens is 354 g/mol. The zero-order valence-electron chi connectivity index (χ0n) is 5.89. The monoisotopic (exact) mass is 365 g/mol. The van der Waals surface area contributed by atoms with Gasteiger partial charge in [0.1, 0.15) is 0 Å². The minimum atomic E-state index is 0. The number of allylic oxidation sites excluding steroid dienone is 1. The molecule has 4 nitrogen and oxygen atoms in total. The summed E-state index contributed by atoms with van der Waals surface area (Å²) in [5.74, 6) is 0. The van der Waals surface area contributed by atoms with E-state index in [0.29, 0.717) is 12.4 Å². The van der Waals surface area contributed by atoms with Crippen LogP contribution in [0.4, 0.5) is 0 Å². The molecule has 0 aliphatic rings. The van der Waals surface area contributed by atoms with Gasteiger partial charge in [-0.25, -0.2) is 0 Å². The van der Waals surface area contributed by atoms with E-state index in [1.165, 1.54) is 6.20 Å².